The number of aryl methyl sites for hydroxylation is 1. The Morgan fingerprint density at radius 3 is 2.32 bits per heavy atom. The van der Waals surface area contributed by atoms with Gasteiger partial charge < -0.3 is 4.57 Å². The lowest BCUT2D eigenvalue weighted by Gasteiger charge is -2.21. The average molecular weight is 264 g/mol. The topological polar surface area (TPSA) is 17.8 Å². The first-order chi connectivity index (χ1) is 9.02. The van der Waals surface area contributed by atoms with E-state index in [0.29, 0.717) is 17.8 Å². The van der Waals surface area contributed by atoms with Gasteiger partial charge in [0.25, 0.3) is 0 Å². The molecule has 2 unspecified atom stereocenters. The molecule has 1 rings (SSSR count). The van der Waals surface area contributed by atoms with Gasteiger partial charge in [-0.05, 0) is 24.7 Å². The average Bonchev–Trinajstić information content (AvgIpc) is 2.79. The molecule has 1 aromatic rings. The molecule has 0 amide bonds. The fourth-order valence-corrected chi connectivity index (χ4v) is 2.69. The summed E-state index contributed by atoms with van der Waals surface area (Å²) in [6, 6.07) is 0. The number of hydrogen-bond acceptors (Lipinski definition) is 1. The quantitative estimate of drug-likeness (QED) is 0.619. The van der Waals surface area contributed by atoms with E-state index in [1.54, 1.807) is 0 Å². The van der Waals surface area contributed by atoms with Crippen LogP contribution in [0.5, 0.6) is 0 Å². The Labute approximate surface area is 119 Å². The molecule has 0 aromatic carbocycles. The predicted octanol–water partition coefficient (Wildman–Crippen LogP) is 5.35. The first-order valence-electron chi connectivity index (χ1n) is 8.07. The zero-order valence-electron chi connectivity index (χ0n) is 13.7. The Balaban J connectivity index is 3.05. The van der Waals surface area contributed by atoms with Crippen LogP contribution in [0.25, 0.3) is 0 Å². The Hall–Kier alpha value is -0.790. The molecule has 19 heavy (non-hydrogen) atoms. The van der Waals surface area contributed by atoms with Crippen molar-refractivity contribution < 1.29 is 0 Å². The molecule has 0 fully saturated rings. The molecule has 110 valence electrons. The minimum absolute atomic E-state index is 0.553. The van der Waals surface area contributed by atoms with Gasteiger partial charge in [0.1, 0.15) is 0 Å². The van der Waals surface area contributed by atoms with Crippen LogP contribution >= 0.6 is 0 Å². The summed E-state index contributed by atoms with van der Waals surface area (Å²) in [6.07, 6.45) is 7.07. The minimum atomic E-state index is 0.553. The highest BCUT2D eigenvalue weighted by Crippen LogP contribution is 2.32. The highest BCUT2D eigenvalue weighted by molar-refractivity contribution is 5.22. The van der Waals surface area contributed by atoms with Crippen LogP contribution in [0.1, 0.15) is 90.4 Å². The first-order valence-corrected chi connectivity index (χ1v) is 8.07. The zero-order chi connectivity index (χ0) is 14.4. The molecule has 2 atom stereocenters. The van der Waals surface area contributed by atoms with E-state index >= 15 is 0 Å². The van der Waals surface area contributed by atoms with E-state index in [2.05, 4.69) is 52.4 Å². The fourth-order valence-electron chi connectivity index (χ4n) is 2.69. The number of aromatic nitrogens is 2. The summed E-state index contributed by atoms with van der Waals surface area (Å²) < 4.78 is 2.41. The lowest BCUT2D eigenvalue weighted by Crippen LogP contribution is -2.11. The Bertz CT molecular complexity index is 365. The van der Waals surface area contributed by atoms with Gasteiger partial charge in [0.2, 0.25) is 0 Å². The normalized spacial score (nSPS) is 14.9. The third-order valence-corrected chi connectivity index (χ3v) is 4.28. The number of nitrogens with zero attached hydrogens (tertiary/aromatic N) is 2. The molecular weight excluding hydrogens is 232 g/mol. The lowest BCUT2D eigenvalue weighted by molar-refractivity contribution is 0.502. The second-order valence-electron chi connectivity index (χ2n) is 6.28. The summed E-state index contributed by atoms with van der Waals surface area (Å²) in [5, 5.41) is 0. The maximum Gasteiger partial charge on any atom is 0.0951 e. The van der Waals surface area contributed by atoms with Crippen molar-refractivity contribution >= 4 is 0 Å². The Morgan fingerprint density at radius 1 is 1.11 bits per heavy atom. The molecule has 0 aliphatic carbocycles. The van der Waals surface area contributed by atoms with Crippen LogP contribution in [0.3, 0.4) is 0 Å². The smallest absolute Gasteiger partial charge is 0.0951 e. The molecule has 0 radical (unpaired) electrons. The van der Waals surface area contributed by atoms with E-state index in [-0.39, 0.29) is 0 Å². The fraction of sp³-hybridized carbons (Fsp3) is 0.824. The van der Waals surface area contributed by atoms with Crippen LogP contribution in [0.2, 0.25) is 0 Å². The van der Waals surface area contributed by atoms with Crippen molar-refractivity contribution in [1.82, 2.24) is 9.55 Å². The predicted molar refractivity (Wildman–Crippen MR) is 83.7 cm³/mol. The van der Waals surface area contributed by atoms with Crippen molar-refractivity contribution in [3.63, 3.8) is 0 Å². The molecule has 0 aliphatic heterocycles. The van der Waals surface area contributed by atoms with Gasteiger partial charge in [-0.2, -0.15) is 0 Å². The number of rotatable bonds is 8. The largest absolute Gasteiger partial charge is 0.334 e. The number of unbranched alkanes of at least 4 members (excludes halogenated alkanes) is 1. The summed E-state index contributed by atoms with van der Waals surface area (Å²) in [5.74, 6) is 1.83. The number of hydrogen-bond donors (Lipinski definition) is 0. The summed E-state index contributed by atoms with van der Waals surface area (Å²) in [4.78, 5) is 4.76. The van der Waals surface area contributed by atoms with Crippen molar-refractivity contribution in [3.8, 4) is 0 Å². The molecule has 1 aromatic heterocycles. The molecule has 0 spiro atoms. The summed E-state index contributed by atoms with van der Waals surface area (Å²) in [5.41, 5.74) is 2.84. The van der Waals surface area contributed by atoms with E-state index in [1.807, 2.05) is 0 Å². The highest BCUT2D eigenvalue weighted by Gasteiger charge is 2.22. The minimum Gasteiger partial charge on any atom is -0.334 e. The van der Waals surface area contributed by atoms with E-state index < -0.39 is 0 Å². The van der Waals surface area contributed by atoms with Gasteiger partial charge in [0.15, 0.2) is 0 Å². The van der Waals surface area contributed by atoms with Crippen LogP contribution in [-0.2, 0) is 6.54 Å². The number of imidazole rings is 1. The molecule has 0 aliphatic rings. The lowest BCUT2D eigenvalue weighted by atomic mass is 9.89. The van der Waals surface area contributed by atoms with E-state index in [0.717, 1.165) is 6.54 Å². The third-order valence-electron chi connectivity index (χ3n) is 4.28. The van der Waals surface area contributed by atoms with E-state index in [1.165, 1.54) is 37.1 Å². The first kappa shape index (κ1) is 16.3. The van der Waals surface area contributed by atoms with Crippen molar-refractivity contribution in [2.24, 2.45) is 5.92 Å². The second-order valence-corrected chi connectivity index (χ2v) is 6.28. The summed E-state index contributed by atoms with van der Waals surface area (Å²) >= 11 is 0. The molecule has 1 heterocycles. The van der Waals surface area contributed by atoms with E-state index in [4.69, 9.17) is 4.98 Å². The Kier molecular flexibility index (Phi) is 6.60. The van der Waals surface area contributed by atoms with Gasteiger partial charge in [-0.1, -0.05) is 54.4 Å². The molecule has 0 saturated heterocycles. The third kappa shape index (κ3) is 4.09. The van der Waals surface area contributed by atoms with Crippen LogP contribution in [0.15, 0.2) is 6.33 Å². The SMILES string of the molecule is CCCCn1cnc(C(C)C(C)C)c1C(C)CCC. The maximum atomic E-state index is 4.76. The van der Waals surface area contributed by atoms with Crippen LogP contribution in [0.4, 0.5) is 0 Å². The standard InChI is InChI=1S/C17H32N2/c1-7-9-11-19-12-18-16(15(6)13(3)4)17(19)14(5)10-8-2/h12-15H,7-11H2,1-6H3. The van der Waals surface area contributed by atoms with Gasteiger partial charge >= 0.3 is 0 Å². The maximum absolute atomic E-state index is 4.76. The second kappa shape index (κ2) is 7.72. The van der Waals surface area contributed by atoms with Crippen LogP contribution in [-0.4, -0.2) is 9.55 Å². The van der Waals surface area contributed by atoms with Gasteiger partial charge in [0.05, 0.1) is 12.0 Å². The van der Waals surface area contributed by atoms with Crippen LogP contribution < -0.4 is 0 Å². The van der Waals surface area contributed by atoms with Gasteiger partial charge in [-0.25, -0.2) is 4.98 Å². The zero-order valence-corrected chi connectivity index (χ0v) is 13.7. The molecule has 0 saturated carbocycles. The van der Waals surface area contributed by atoms with Crippen LogP contribution in [0, 0.1) is 5.92 Å². The molecule has 0 N–H and O–H groups in total. The van der Waals surface area contributed by atoms with Gasteiger partial charge in [0, 0.05) is 18.2 Å². The van der Waals surface area contributed by atoms with E-state index in [9.17, 15) is 0 Å². The van der Waals surface area contributed by atoms with Gasteiger partial charge in [-0.3, -0.25) is 0 Å². The Morgan fingerprint density at radius 2 is 1.79 bits per heavy atom. The van der Waals surface area contributed by atoms with Crippen molar-refractivity contribution in [2.75, 3.05) is 0 Å². The molecule has 0 bridgehead atoms. The molecular formula is C17H32N2. The summed E-state index contributed by atoms with van der Waals surface area (Å²) in [6.45, 7) is 14.9. The van der Waals surface area contributed by atoms with Crippen molar-refractivity contribution in [1.29, 1.82) is 0 Å². The highest BCUT2D eigenvalue weighted by atomic mass is 15.1. The van der Waals surface area contributed by atoms with Gasteiger partial charge in [-0.15, -0.1) is 0 Å². The molecule has 2 nitrogen and oxygen atoms in total. The summed E-state index contributed by atoms with van der Waals surface area (Å²) in [7, 11) is 0. The molecule has 2 heteroatoms. The van der Waals surface area contributed by atoms with Crippen molar-refractivity contribution in [3.05, 3.63) is 17.7 Å². The van der Waals surface area contributed by atoms with Crippen molar-refractivity contribution in [2.45, 2.75) is 85.6 Å². The monoisotopic (exact) mass is 264 g/mol.